The Morgan fingerprint density at radius 1 is 1.59 bits per heavy atom. The van der Waals surface area contributed by atoms with Crippen LogP contribution in [0.25, 0.3) is 5.57 Å². The molecule has 1 aromatic rings. The number of hydrogen-bond acceptors (Lipinski definition) is 3. The van der Waals surface area contributed by atoms with Gasteiger partial charge >= 0.3 is 0 Å². The molecule has 0 saturated carbocycles. The highest BCUT2D eigenvalue weighted by Gasteiger charge is 2.24. The summed E-state index contributed by atoms with van der Waals surface area (Å²) in [6.45, 7) is 7.80. The van der Waals surface area contributed by atoms with E-state index >= 15 is 0 Å². The van der Waals surface area contributed by atoms with E-state index in [0.29, 0.717) is 12.2 Å². The third kappa shape index (κ3) is 2.28. The molecule has 1 aliphatic heterocycles. The monoisotopic (exact) mass is 232 g/mol. The molecule has 4 nitrogen and oxygen atoms in total. The van der Waals surface area contributed by atoms with E-state index in [4.69, 9.17) is 0 Å². The number of allylic oxidation sites excluding steroid dienone is 2. The molecule has 2 unspecified atom stereocenters. The van der Waals surface area contributed by atoms with Gasteiger partial charge in [0.25, 0.3) is 0 Å². The summed E-state index contributed by atoms with van der Waals surface area (Å²) < 4.78 is 2.21. The molecule has 1 aromatic heterocycles. The Morgan fingerprint density at radius 3 is 3.06 bits per heavy atom. The largest absolute Gasteiger partial charge is 0.335 e. The fourth-order valence-electron chi connectivity index (χ4n) is 2.61. The van der Waals surface area contributed by atoms with Crippen molar-refractivity contribution < 1.29 is 0 Å². The Morgan fingerprint density at radius 2 is 2.41 bits per heavy atom. The van der Waals surface area contributed by atoms with Crippen molar-refractivity contribution in [1.82, 2.24) is 19.8 Å². The highest BCUT2D eigenvalue weighted by Crippen LogP contribution is 2.29. The molecule has 0 amide bonds. The third-order valence-corrected chi connectivity index (χ3v) is 3.72. The molecule has 1 aliphatic carbocycles. The highest BCUT2D eigenvalue weighted by molar-refractivity contribution is 5.74. The molecule has 1 saturated heterocycles. The van der Waals surface area contributed by atoms with Crippen molar-refractivity contribution in [2.75, 3.05) is 13.1 Å². The normalized spacial score (nSPS) is 26.0. The molecular formula is C13H20N4. The summed E-state index contributed by atoms with van der Waals surface area (Å²) in [5.74, 6) is 0. The average Bonchev–Trinajstić information content (AvgIpc) is 2.90. The lowest BCUT2D eigenvalue weighted by molar-refractivity contribution is 0.178. The second kappa shape index (κ2) is 4.27. The Balaban J connectivity index is 1.63. The predicted octanol–water partition coefficient (Wildman–Crippen LogP) is 1.31. The number of nitrogens with zero attached hydrogens (tertiary/aromatic N) is 3. The van der Waals surface area contributed by atoms with Crippen LogP contribution >= 0.6 is 0 Å². The first kappa shape index (κ1) is 11.0. The highest BCUT2D eigenvalue weighted by atomic mass is 15.3. The number of imidazole rings is 1. The topological polar surface area (TPSA) is 33.1 Å². The van der Waals surface area contributed by atoms with Crippen LogP contribution in [0.3, 0.4) is 0 Å². The molecule has 2 aliphatic rings. The first-order valence-corrected chi connectivity index (χ1v) is 6.44. The zero-order valence-corrected chi connectivity index (χ0v) is 10.6. The summed E-state index contributed by atoms with van der Waals surface area (Å²) in [4.78, 5) is 6.95. The minimum Gasteiger partial charge on any atom is -0.335 e. The minimum absolute atomic E-state index is 0.499. The first-order chi connectivity index (χ1) is 8.24. The van der Waals surface area contributed by atoms with Gasteiger partial charge in [0.2, 0.25) is 0 Å². The Labute approximate surface area is 102 Å². The first-order valence-electron chi connectivity index (χ1n) is 6.44. The van der Waals surface area contributed by atoms with Crippen molar-refractivity contribution in [3.63, 3.8) is 0 Å². The summed E-state index contributed by atoms with van der Waals surface area (Å²) in [7, 11) is 0. The smallest absolute Gasteiger partial charge is 0.0954 e. The van der Waals surface area contributed by atoms with Gasteiger partial charge in [0.15, 0.2) is 0 Å². The molecule has 1 fully saturated rings. The number of aromatic nitrogens is 2. The van der Waals surface area contributed by atoms with E-state index in [1.807, 2.05) is 6.33 Å². The van der Waals surface area contributed by atoms with E-state index < -0.39 is 0 Å². The minimum atomic E-state index is 0.499. The van der Waals surface area contributed by atoms with E-state index in [1.165, 1.54) is 5.57 Å². The van der Waals surface area contributed by atoms with Crippen LogP contribution in [0.4, 0.5) is 0 Å². The van der Waals surface area contributed by atoms with Crippen molar-refractivity contribution in [3.8, 4) is 0 Å². The summed E-state index contributed by atoms with van der Waals surface area (Å²) in [5, 5.41) is 3.46. The molecule has 3 rings (SSSR count). The molecule has 0 spiro atoms. The van der Waals surface area contributed by atoms with Crippen LogP contribution in [0.1, 0.15) is 26.0 Å². The number of rotatable bonds is 4. The maximum atomic E-state index is 4.44. The van der Waals surface area contributed by atoms with Crippen molar-refractivity contribution in [2.24, 2.45) is 0 Å². The quantitative estimate of drug-likeness (QED) is 0.849. The van der Waals surface area contributed by atoms with Crippen molar-refractivity contribution in [2.45, 2.75) is 39.0 Å². The van der Waals surface area contributed by atoms with Gasteiger partial charge in [0, 0.05) is 31.9 Å². The van der Waals surface area contributed by atoms with E-state index in [1.54, 1.807) is 0 Å². The van der Waals surface area contributed by atoms with Gasteiger partial charge in [0.05, 0.1) is 18.2 Å². The zero-order valence-electron chi connectivity index (χ0n) is 10.6. The summed E-state index contributed by atoms with van der Waals surface area (Å²) in [6.07, 6.45) is 7.98. The average molecular weight is 232 g/mol. The van der Waals surface area contributed by atoms with Gasteiger partial charge in [-0.05, 0) is 25.8 Å². The molecule has 0 radical (unpaired) electrons. The number of hydrogen-bond donors (Lipinski definition) is 1. The van der Waals surface area contributed by atoms with Crippen LogP contribution in [0.2, 0.25) is 0 Å². The second-order valence-corrected chi connectivity index (χ2v) is 5.11. The van der Waals surface area contributed by atoms with Crippen LogP contribution in [0, 0.1) is 0 Å². The summed E-state index contributed by atoms with van der Waals surface area (Å²) >= 11 is 0. The molecule has 2 heterocycles. The second-order valence-electron chi connectivity index (χ2n) is 5.11. The van der Waals surface area contributed by atoms with Crippen LogP contribution in [-0.2, 0) is 6.54 Å². The SMILES string of the molecule is CC(Cn1cnc(C2=CC2)c1)N1CCNC1C. The van der Waals surface area contributed by atoms with Gasteiger partial charge in [-0.25, -0.2) is 4.98 Å². The van der Waals surface area contributed by atoms with Crippen LogP contribution < -0.4 is 5.32 Å². The van der Waals surface area contributed by atoms with E-state index in [2.05, 4.69) is 45.9 Å². The molecule has 17 heavy (non-hydrogen) atoms. The lowest BCUT2D eigenvalue weighted by atomic mass is 10.2. The van der Waals surface area contributed by atoms with Crippen LogP contribution in [0.15, 0.2) is 18.6 Å². The van der Waals surface area contributed by atoms with E-state index in [0.717, 1.165) is 31.7 Å². The molecule has 0 aromatic carbocycles. The molecular weight excluding hydrogens is 212 g/mol. The van der Waals surface area contributed by atoms with Crippen molar-refractivity contribution in [1.29, 1.82) is 0 Å². The van der Waals surface area contributed by atoms with Gasteiger partial charge in [-0.3, -0.25) is 4.90 Å². The van der Waals surface area contributed by atoms with Crippen molar-refractivity contribution >= 4 is 5.57 Å². The molecule has 1 N–H and O–H groups in total. The Hall–Kier alpha value is -1.13. The lowest BCUT2D eigenvalue weighted by Gasteiger charge is -2.27. The molecule has 92 valence electrons. The molecule has 2 atom stereocenters. The maximum Gasteiger partial charge on any atom is 0.0954 e. The van der Waals surface area contributed by atoms with E-state index in [-0.39, 0.29) is 0 Å². The van der Waals surface area contributed by atoms with Gasteiger partial charge < -0.3 is 9.88 Å². The van der Waals surface area contributed by atoms with Crippen molar-refractivity contribution in [3.05, 3.63) is 24.3 Å². The van der Waals surface area contributed by atoms with Gasteiger partial charge in [-0.2, -0.15) is 0 Å². The predicted molar refractivity (Wildman–Crippen MR) is 68.5 cm³/mol. The van der Waals surface area contributed by atoms with Crippen LogP contribution in [0.5, 0.6) is 0 Å². The fourth-order valence-corrected chi connectivity index (χ4v) is 2.61. The molecule has 0 bridgehead atoms. The van der Waals surface area contributed by atoms with E-state index in [9.17, 15) is 0 Å². The van der Waals surface area contributed by atoms with Crippen LogP contribution in [-0.4, -0.2) is 39.7 Å². The zero-order chi connectivity index (χ0) is 11.8. The van der Waals surface area contributed by atoms with Gasteiger partial charge in [-0.1, -0.05) is 6.08 Å². The lowest BCUT2D eigenvalue weighted by Crippen LogP contribution is -2.41. The third-order valence-electron chi connectivity index (χ3n) is 3.72. The number of nitrogens with one attached hydrogen (secondary N) is 1. The van der Waals surface area contributed by atoms with Gasteiger partial charge in [0.1, 0.15) is 0 Å². The fraction of sp³-hybridized carbons (Fsp3) is 0.615. The van der Waals surface area contributed by atoms with Gasteiger partial charge in [-0.15, -0.1) is 0 Å². The Bertz CT molecular complexity index is 434. The summed E-state index contributed by atoms with van der Waals surface area (Å²) in [6, 6.07) is 0.551. The molecule has 4 heteroatoms. The maximum absolute atomic E-state index is 4.44. The summed E-state index contributed by atoms with van der Waals surface area (Å²) in [5.41, 5.74) is 2.55. The Kier molecular flexibility index (Phi) is 2.76. The standard InChI is InChI=1S/C13H20N4/c1-10(17-6-5-14-11(17)2)7-16-8-13(15-9-16)12-3-4-12/h3,8-11,14H,4-7H2,1-2H3.